The van der Waals surface area contributed by atoms with Crippen LogP contribution in [0.25, 0.3) is 10.8 Å². The van der Waals surface area contributed by atoms with Crippen LogP contribution in [0.2, 0.25) is 0 Å². The van der Waals surface area contributed by atoms with Gasteiger partial charge in [-0.3, -0.25) is 4.90 Å². The summed E-state index contributed by atoms with van der Waals surface area (Å²) in [5.41, 5.74) is 2.28. The lowest BCUT2D eigenvalue weighted by molar-refractivity contribution is 0.00206. The molecule has 8 heteroatoms. The predicted molar refractivity (Wildman–Crippen MR) is 135 cm³/mol. The van der Waals surface area contributed by atoms with E-state index in [1.54, 1.807) is 0 Å². The number of hydrogen-bond acceptors (Lipinski definition) is 8. The van der Waals surface area contributed by atoms with Crippen molar-refractivity contribution < 1.29 is 24.1 Å². The summed E-state index contributed by atoms with van der Waals surface area (Å²) in [7, 11) is 0. The average Bonchev–Trinajstić information content (AvgIpc) is 2.90. The Hall–Kier alpha value is -2.88. The van der Waals surface area contributed by atoms with Crippen LogP contribution in [0, 0.1) is 0 Å². The summed E-state index contributed by atoms with van der Waals surface area (Å²) >= 11 is 0. The average molecular weight is 480 g/mol. The predicted octanol–water partition coefficient (Wildman–Crippen LogP) is 4.84. The van der Waals surface area contributed by atoms with Crippen molar-refractivity contribution >= 4 is 22.1 Å². The molecule has 1 aliphatic heterocycles. The van der Waals surface area contributed by atoms with Crippen LogP contribution < -0.4 is 0 Å². The minimum atomic E-state index is 0.263. The van der Waals surface area contributed by atoms with Gasteiger partial charge >= 0.3 is 0 Å². The lowest BCUT2D eigenvalue weighted by atomic mass is 10.0. The van der Waals surface area contributed by atoms with Crippen molar-refractivity contribution in [3.63, 3.8) is 0 Å². The Kier molecular flexibility index (Phi) is 9.99. The van der Waals surface area contributed by atoms with Gasteiger partial charge in [-0.1, -0.05) is 42.5 Å². The zero-order valence-electron chi connectivity index (χ0n) is 20.0. The van der Waals surface area contributed by atoms with Crippen molar-refractivity contribution in [3.8, 4) is 5.75 Å². The minimum Gasteiger partial charge on any atom is -0.507 e. The summed E-state index contributed by atoms with van der Waals surface area (Å²) in [6, 6.07) is 19.3. The van der Waals surface area contributed by atoms with Gasteiger partial charge in [0.2, 0.25) is 0 Å². The summed E-state index contributed by atoms with van der Waals surface area (Å²) in [6.45, 7) is 6.34. The number of aromatic hydroxyl groups is 1. The van der Waals surface area contributed by atoms with E-state index >= 15 is 0 Å². The van der Waals surface area contributed by atoms with Crippen molar-refractivity contribution in [3.05, 3.63) is 66.2 Å². The van der Waals surface area contributed by atoms with Gasteiger partial charge < -0.3 is 24.1 Å². The molecule has 0 amide bonds. The molecule has 0 atom stereocenters. The van der Waals surface area contributed by atoms with E-state index < -0.39 is 0 Å². The first kappa shape index (κ1) is 25.2. The molecule has 35 heavy (non-hydrogen) atoms. The number of ether oxygens (including phenoxy) is 4. The highest BCUT2D eigenvalue weighted by atomic mass is 16.6. The van der Waals surface area contributed by atoms with E-state index in [4.69, 9.17) is 18.9 Å². The van der Waals surface area contributed by atoms with E-state index in [0.717, 1.165) is 27.7 Å². The van der Waals surface area contributed by atoms with E-state index in [-0.39, 0.29) is 5.75 Å². The number of benzene rings is 3. The molecule has 1 saturated heterocycles. The van der Waals surface area contributed by atoms with Crippen LogP contribution in [0.15, 0.2) is 70.9 Å². The molecule has 1 N–H and O–H groups in total. The number of azo groups is 1. The molecule has 4 rings (SSSR count). The lowest BCUT2D eigenvalue weighted by Gasteiger charge is -2.23. The molecule has 3 aromatic carbocycles. The molecule has 0 aliphatic carbocycles. The number of rotatable bonds is 4. The van der Waals surface area contributed by atoms with Crippen LogP contribution in [-0.2, 0) is 25.5 Å². The van der Waals surface area contributed by atoms with Gasteiger partial charge in [0.1, 0.15) is 5.75 Å². The quantitative estimate of drug-likeness (QED) is 0.539. The molecular weight excluding hydrogens is 446 g/mol. The normalized spacial score (nSPS) is 17.8. The topological polar surface area (TPSA) is 85.1 Å². The van der Waals surface area contributed by atoms with Crippen LogP contribution >= 0.6 is 0 Å². The van der Waals surface area contributed by atoms with Gasteiger partial charge in [-0.15, -0.1) is 5.11 Å². The second-order valence-electron chi connectivity index (χ2n) is 8.21. The highest BCUT2D eigenvalue weighted by Crippen LogP contribution is 2.37. The van der Waals surface area contributed by atoms with E-state index in [9.17, 15) is 5.11 Å². The van der Waals surface area contributed by atoms with Crippen LogP contribution in [0.5, 0.6) is 5.75 Å². The number of hydrogen-bond donors (Lipinski definition) is 1. The summed E-state index contributed by atoms with van der Waals surface area (Å²) < 4.78 is 22.5. The maximum absolute atomic E-state index is 11.1. The summed E-state index contributed by atoms with van der Waals surface area (Å²) in [6.07, 6.45) is 0. The van der Waals surface area contributed by atoms with Gasteiger partial charge in [0, 0.05) is 36.0 Å². The highest BCUT2D eigenvalue weighted by molar-refractivity contribution is 5.97. The van der Waals surface area contributed by atoms with Crippen molar-refractivity contribution in [2.24, 2.45) is 10.2 Å². The third kappa shape index (κ3) is 7.81. The molecule has 3 aromatic rings. The van der Waals surface area contributed by atoms with Crippen molar-refractivity contribution in [1.82, 2.24) is 4.90 Å². The fourth-order valence-electron chi connectivity index (χ4n) is 3.87. The second-order valence-corrected chi connectivity index (χ2v) is 8.21. The van der Waals surface area contributed by atoms with Gasteiger partial charge in [0.05, 0.1) is 64.2 Å². The molecule has 1 aliphatic rings. The Morgan fingerprint density at radius 1 is 0.657 bits per heavy atom. The largest absolute Gasteiger partial charge is 0.507 e. The molecule has 8 nitrogen and oxygen atoms in total. The maximum Gasteiger partial charge on any atom is 0.128 e. The number of fused-ring (bicyclic) bond motifs is 1. The number of nitrogens with zero attached hydrogens (tertiary/aromatic N) is 3. The Morgan fingerprint density at radius 2 is 1.20 bits per heavy atom. The Balaban J connectivity index is 1.53. The molecule has 1 fully saturated rings. The molecule has 0 unspecified atom stereocenters. The van der Waals surface area contributed by atoms with Gasteiger partial charge in [-0.05, 0) is 18.2 Å². The first-order valence-electron chi connectivity index (χ1n) is 12.0. The lowest BCUT2D eigenvalue weighted by Crippen LogP contribution is -2.31. The third-order valence-electron chi connectivity index (χ3n) is 5.72. The Labute approximate surface area is 206 Å². The number of phenols is 1. The molecule has 0 bridgehead atoms. The first-order chi connectivity index (χ1) is 17.3. The van der Waals surface area contributed by atoms with Gasteiger partial charge in [-0.25, -0.2) is 0 Å². The standard InChI is InChI=1S/C27H33N3O5/c31-27-22(21-30-10-12-32-14-16-34-18-19-35-17-15-33-13-11-30)20-26(24-8-4-5-9-25(24)27)29-28-23-6-2-1-3-7-23/h1-9,20,31H,10-19,21H2. The second kappa shape index (κ2) is 13.9. The highest BCUT2D eigenvalue weighted by Gasteiger charge is 2.15. The molecule has 0 aromatic heterocycles. The number of phenolic OH excluding ortho intramolecular Hbond substituents is 1. The SMILES string of the molecule is Oc1c(CN2CCOCCOCCOCCOCC2)cc(N=Nc2ccccc2)c2ccccc12. The van der Waals surface area contributed by atoms with Crippen LogP contribution in [0.4, 0.5) is 11.4 Å². The van der Waals surface area contributed by atoms with Crippen LogP contribution in [0.3, 0.4) is 0 Å². The smallest absolute Gasteiger partial charge is 0.128 e. The fraction of sp³-hybridized carbons (Fsp3) is 0.407. The monoisotopic (exact) mass is 479 g/mol. The Bertz CT molecular complexity index is 1060. The fourth-order valence-corrected chi connectivity index (χ4v) is 3.87. The molecule has 186 valence electrons. The van der Waals surface area contributed by atoms with Gasteiger partial charge in [0.15, 0.2) is 0 Å². The zero-order valence-corrected chi connectivity index (χ0v) is 20.0. The summed E-state index contributed by atoms with van der Waals surface area (Å²) in [4.78, 5) is 2.21. The minimum absolute atomic E-state index is 0.263. The van der Waals surface area contributed by atoms with Crippen LogP contribution in [0.1, 0.15) is 5.56 Å². The van der Waals surface area contributed by atoms with Crippen molar-refractivity contribution in [1.29, 1.82) is 0 Å². The van der Waals surface area contributed by atoms with Crippen LogP contribution in [-0.4, -0.2) is 76.0 Å². The van der Waals surface area contributed by atoms with Gasteiger partial charge in [-0.2, -0.15) is 5.11 Å². The van der Waals surface area contributed by atoms with E-state index in [1.165, 1.54) is 0 Å². The zero-order chi connectivity index (χ0) is 24.1. The first-order valence-corrected chi connectivity index (χ1v) is 12.0. The summed E-state index contributed by atoms with van der Waals surface area (Å²) in [5.74, 6) is 0.263. The molecule has 0 radical (unpaired) electrons. The van der Waals surface area contributed by atoms with Crippen molar-refractivity contribution in [2.75, 3.05) is 65.9 Å². The van der Waals surface area contributed by atoms with Gasteiger partial charge in [0.25, 0.3) is 0 Å². The summed E-state index contributed by atoms with van der Waals surface area (Å²) in [5, 5.41) is 21.7. The van der Waals surface area contributed by atoms with E-state index in [1.807, 2.05) is 60.7 Å². The third-order valence-corrected chi connectivity index (χ3v) is 5.72. The molecular formula is C27H33N3O5. The maximum atomic E-state index is 11.1. The Morgan fingerprint density at radius 3 is 1.83 bits per heavy atom. The van der Waals surface area contributed by atoms with E-state index in [2.05, 4.69) is 15.1 Å². The molecule has 0 spiro atoms. The van der Waals surface area contributed by atoms with Crippen molar-refractivity contribution in [2.45, 2.75) is 6.54 Å². The molecule has 1 heterocycles. The molecule has 0 saturated carbocycles. The van der Waals surface area contributed by atoms with E-state index in [0.29, 0.717) is 72.5 Å².